The van der Waals surface area contributed by atoms with Gasteiger partial charge < -0.3 is 9.64 Å². The Balaban J connectivity index is 1.59. The summed E-state index contributed by atoms with van der Waals surface area (Å²) in [6.07, 6.45) is 5.03. The lowest BCUT2D eigenvalue weighted by atomic mass is 9.80. The van der Waals surface area contributed by atoms with E-state index in [0.717, 1.165) is 32.3 Å². The van der Waals surface area contributed by atoms with Crippen LogP contribution in [0.3, 0.4) is 0 Å². The summed E-state index contributed by atoms with van der Waals surface area (Å²) in [7, 11) is 0. The average Bonchev–Trinajstić information content (AvgIpc) is 2.88. The molecular weight excluding hydrogens is 326 g/mol. The molecule has 1 amide bonds. The molecule has 4 rings (SSSR count). The van der Waals surface area contributed by atoms with Gasteiger partial charge in [-0.2, -0.15) is 5.26 Å². The first kappa shape index (κ1) is 16.7. The lowest BCUT2D eigenvalue weighted by Gasteiger charge is -2.45. The van der Waals surface area contributed by atoms with Gasteiger partial charge in [-0.25, -0.2) is 4.98 Å². The summed E-state index contributed by atoms with van der Waals surface area (Å²) in [5.74, 6) is -0.00412. The fourth-order valence-corrected chi connectivity index (χ4v) is 4.16. The number of fused-ring (bicyclic) bond motifs is 2. The van der Waals surface area contributed by atoms with E-state index in [1.54, 1.807) is 12.1 Å². The fourth-order valence-electron chi connectivity index (χ4n) is 4.16. The van der Waals surface area contributed by atoms with E-state index in [4.69, 9.17) is 10.00 Å². The number of ether oxygens (including phenoxy) is 1. The van der Waals surface area contributed by atoms with Gasteiger partial charge in [-0.1, -0.05) is 30.3 Å². The van der Waals surface area contributed by atoms with Crippen LogP contribution in [-0.2, 0) is 10.3 Å². The van der Waals surface area contributed by atoms with E-state index in [-0.39, 0.29) is 17.6 Å². The second kappa shape index (κ2) is 6.89. The van der Waals surface area contributed by atoms with Gasteiger partial charge >= 0.3 is 0 Å². The van der Waals surface area contributed by atoms with E-state index >= 15 is 0 Å². The SMILES string of the molecule is N#Cc1ccc(C(=O)N2CCC3(c4ccccc4)CC2CCCO3)cn1. The normalized spacial score (nSPS) is 25.2. The largest absolute Gasteiger partial charge is 0.370 e. The summed E-state index contributed by atoms with van der Waals surface area (Å²) in [6, 6.07) is 15.8. The third-order valence-electron chi connectivity index (χ3n) is 5.51. The molecule has 3 heterocycles. The summed E-state index contributed by atoms with van der Waals surface area (Å²) in [5, 5.41) is 8.88. The maximum Gasteiger partial charge on any atom is 0.255 e. The van der Waals surface area contributed by atoms with Crippen LogP contribution in [0.2, 0.25) is 0 Å². The molecule has 2 aliphatic rings. The molecule has 1 aromatic heterocycles. The smallest absolute Gasteiger partial charge is 0.255 e. The molecule has 26 heavy (non-hydrogen) atoms. The number of carbonyl (C=O) groups excluding carboxylic acids is 1. The molecule has 0 N–H and O–H groups in total. The summed E-state index contributed by atoms with van der Waals surface area (Å²) in [5.41, 5.74) is 1.79. The van der Waals surface area contributed by atoms with Crippen LogP contribution >= 0.6 is 0 Å². The van der Waals surface area contributed by atoms with Crippen molar-refractivity contribution in [1.29, 1.82) is 5.26 Å². The molecule has 1 aromatic carbocycles. The Morgan fingerprint density at radius 2 is 2.12 bits per heavy atom. The minimum absolute atomic E-state index is 0.00412. The fraction of sp³-hybridized carbons (Fsp3) is 0.381. The summed E-state index contributed by atoms with van der Waals surface area (Å²) in [4.78, 5) is 19.0. The minimum atomic E-state index is -0.290. The third-order valence-corrected chi connectivity index (χ3v) is 5.51. The van der Waals surface area contributed by atoms with E-state index in [0.29, 0.717) is 17.8 Å². The summed E-state index contributed by atoms with van der Waals surface area (Å²) in [6.45, 7) is 1.39. The van der Waals surface area contributed by atoms with Gasteiger partial charge in [0.05, 0.1) is 11.2 Å². The van der Waals surface area contributed by atoms with Crippen molar-refractivity contribution in [3.8, 4) is 6.07 Å². The molecule has 5 heteroatoms. The molecule has 132 valence electrons. The van der Waals surface area contributed by atoms with E-state index < -0.39 is 0 Å². The van der Waals surface area contributed by atoms with Gasteiger partial charge in [0.25, 0.3) is 5.91 Å². The highest BCUT2D eigenvalue weighted by Gasteiger charge is 2.44. The van der Waals surface area contributed by atoms with E-state index in [1.165, 1.54) is 11.8 Å². The Hall–Kier alpha value is -2.71. The van der Waals surface area contributed by atoms with Gasteiger partial charge in [0, 0.05) is 31.8 Å². The number of benzene rings is 1. The van der Waals surface area contributed by atoms with Crippen molar-refractivity contribution in [2.45, 2.75) is 37.3 Å². The van der Waals surface area contributed by atoms with E-state index in [2.05, 4.69) is 17.1 Å². The third kappa shape index (κ3) is 2.97. The number of likely N-dealkylation sites (tertiary alicyclic amines) is 1. The molecular formula is C21H21N3O2. The van der Waals surface area contributed by atoms with Crippen molar-refractivity contribution < 1.29 is 9.53 Å². The number of amides is 1. The first-order chi connectivity index (χ1) is 12.7. The molecule has 0 radical (unpaired) electrons. The van der Waals surface area contributed by atoms with Gasteiger partial charge in [0.1, 0.15) is 11.8 Å². The van der Waals surface area contributed by atoms with Crippen LogP contribution in [0.25, 0.3) is 0 Å². The number of pyridine rings is 1. The number of hydrogen-bond acceptors (Lipinski definition) is 4. The topological polar surface area (TPSA) is 66.2 Å². The molecule has 0 aliphatic carbocycles. The Morgan fingerprint density at radius 3 is 2.85 bits per heavy atom. The van der Waals surface area contributed by atoms with Gasteiger partial charge in [0.15, 0.2) is 0 Å². The van der Waals surface area contributed by atoms with Crippen molar-refractivity contribution in [2.75, 3.05) is 13.2 Å². The molecule has 2 atom stereocenters. The molecule has 2 bridgehead atoms. The average molecular weight is 347 g/mol. The van der Waals surface area contributed by atoms with Crippen LogP contribution < -0.4 is 0 Å². The van der Waals surface area contributed by atoms with Gasteiger partial charge in [-0.15, -0.1) is 0 Å². The molecule has 2 aliphatic heterocycles. The zero-order valence-electron chi connectivity index (χ0n) is 14.6. The molecule has 0 saturated carbocycles. The highest BCUT2D eigenvalue weighted by molar-refractivity contribution is 5.94. The Morgan fingerprint density at radius 1 is 1.27 bits per heavy atom. The first-order valence-corrected chi connectivity index (χ1v) is 9.08. The second-order valence-electron chi connectivity index (χ2n) is 7.00. The number of rotatable bonds is 2. The van der Waals surface area contributed by atoms with Crippen molar-refractivity contribution in [3.05, 3.63) is 65.5 Å². The number of nitriles is 1. The highest BCUT2D eigenvalue weighted by atomic mass is 16.5. The molecule has 0 spiro atoms. The van der Waals surface area contributed by atoms with Crippen LogP contribution in [-0.4, -0.2) is 35.0 Å². The van der Waals surface area contributed by atoms with Gasteiger partial charge in [0.2, 0.25) is 0 Å². The van der Waals surface area contributed by atoms with Crippen LogP contribution in [0.4, 0.5) is 0 Å². The first-order valence-electron chi connectivity index (χ1n) is 9.08. The lowest BCUT2D eigenvalue weighted by molar-refractivity contribution is -0.0831. The number of nitrogens with zero attached hydrogens (tertiary/aromatic N) is 3. The number of piperidine rings is 1. The van der Waals surface area contributed by atoms with Crippen molar-refractivity contribution in [2.24, 2.45) is 0 Å². The molecule has 2 fully saturated rings. The zero-order chi connectivity index (χ0) is 18.0. The standard InChI is InChI=1S/C21H21N3O2/c22-14-18-9-8-16(15-23-18)20(25)24-11-10-21(17-5-2-1-3-6-17)13-19(24)7-4-12-26-21/h1-3,5-6,8-9,15,19H,4,7,10-13H2. The predicted octanol–water partition coefficient (Wildman–Crippen LogP) is 3.26. The van der Waals surface area contributed by atoms with Crippen LogP contribution in [0, 0.1) is 11.3 Å². The predicted molar refractivity (Wildman–Crippen MR) is 96.3 cm³/mol. The van der Waals surface area contributed by atoms with Crippen LogP contribution in [0.5, 0.6) is 0 Å². The number of aromatic nitrogens is 1. The monoisotopic (exact) mass is 347 g/mol. The quantitative estimate of drug-likeness (QED) is 0.836. The highest BCUT2D eigenvalue weighted by Crippen LogP contribution is 2.42. The van der Waals surface area contributed by atoms with Crippen molar-refractivity contribution in [3.63, 3.8) is 0 Å². The Bertz CT molecular complexity index is 829. The van der Waals surface area contributed by atoms with E-state index in [9.17, 15) is 4.79 Å². The van der Waals surface area contributed by atoms with Crippen molar-refractivity contribution in [1.82, 2.24) is 9.88 Å². The molecule has 2 aromatic rings. The Labute approximate surface area is 153 Å². The minimum Gasteiger partial charge on any atom is -0.370 e. The number of carbonyl (C=O) groups is 1. The molecule has 2 unspecified atom stereocenters. The van der Waals surface area contributed by atoms with Crippen molar-refractivity contribution >= 4 is 5.91 Å². The number of hydrogen-bond donors (Lipinski definition) is 0. The summed E-state index contributed by atoms with van der Waals surface area (Å²) < 4.78 is 6.33. The lowest BCUT2D eigenvalue weighted by Crippen LogP contribution is -2.51. The summed E-state index contributed by atoms with van der Waals surface area (Å²) >= 11 is 0. The molecule has 5 nitrogen and oxygen atoms in total. The second-order valence-corrected chi connectivity index (χ2v) is 7.00. The van der Waals surface area contributed by atoms with Crippen LogP contribution in [0.15, 0.2) is 48.7 Å². The maximum atomic E-state index is 13.0. The van der Waals surface area contributed by atoms with E-state index in [1.807, 2.05) is 29.2 Å². The van der Waals surface area contributed by atoms with Crippen LogP contribution in [0.1, 0.15) is 47.3 Å². The van der Waals surface area contributed by atoms with Gasteiger partial charge in [-0.05, 0) is 37.0 Å². The maximum absolute atomic E-state index is 13.0. The van der Waals surface area contributed by atoms with Gasteiger partial charge in [-0.3, -0.25) is 4.79 Å². The zero-order valence-corrected chi connectivity index (χ0v) is 14.6. The molecule has 2 saturated heterocycles. The Kier molecular flexibility index (Phi) is 4.44.